The van der Waals surface area contributed by atoms with Gasteiger partial charge >= 0.3 is 5.97 Å². The van der Waals surface area contributed by atoms with Gasteiger partial charge < -0.3 is 14.5 Å². The molecule has 0 fully saturated rings. The van der Waals surface area contributed by atoms with Crippen LogP contribution in [-0.4, -0.2) is 18.5 Å². The summed E-state index contributed by atoms with van der Waals surface area (Å²) in [4.78, 5) is 25.8. The summed E-state index contributed by atoms with van der Waals surface area (Å²) in [5.74, 6) is -0.588. The molecule has 6 nitrogen and oxygen atoms in total. The van der Waals surface area contributed by atoms with Crippen LogP contribution in [0.4, 0.5) is 5.00 Å². The zero-order valence-electron chi connectivity index (χ0n) is 19.2. The van der Waals surface area contributed by atoms with Crippen molar-refractivity contribution >= 4 is 69.1 Å². The number of carbonyl (C=O) groups excluding carboxylic acids is 2. The highest BCUT2D eigenvalue weighted by Crippen LogP contribution is 2.37. The van der Waals surface area contributed by atoms with Gasteiger partial charge in [-0.2, -0.15) is 5.26 Å². The number of amides is 1. The van der Waals surface area contributed by atoms with Gasteiger partial charge in [0, 0.05) is 32.6 Å². The minimum absolute atomic E-state index is 0.157. The summed E-state index contributed by atoms with van der Waals surface area (Å²) in [6.07, 6.45) is 1.31. The van der Waals surface area contributed by atoms with Crippen LogP contribution in [0.3, 0.4) is 0 Å². The van der Waals surface area contributed by atoms with Crippen molar-refractivity contribution < 1.29 is 18.7 Å². The largest absolute Gasteiger partial charge is 0.462 e. The first-order valence-corrected chi connectivity index (χ1v) is 12.8. The summed E-state index contributed by atoms with van der Waals surface area (Å²) >= 11 is 19.3. The van der Waals surface area contributed by atoms with Gasteiger partial charge in [0.1, 0.15) is 33.7 Å². The standard InChI is InChI=1S/C27H17Cl3N2O4S/c1-2-35-27(34)24-21(15-3-5-17(28)6-4-15)14-37-26(24)32-25(33)16(13-31)11-19-8-10-23(36-19)20-9-7-18(29)12-22(20)30/h3-12,14H,2H2,1H3,(H,32,33). The molecule has 0 aliphatic heterocycles. The summed E-state index contributed by atoms with van der Waals surface area (Å²) < 4.78 is 11.0. The van der Waals surface area contributed by atoms with Crippen molar-refractivity contribution in [3.63, 3.8) is 0 Å². The molecule has 4 rings (SSSR count). The van der Waals surface area contributed by atoms with Crippen LogP contribution in [0, 0.1) is 11.3 Å². The second-order valence-corrected chi connectivity index (χ2v) is 9.69. The van der Waals surface area contributed by atoms with Gasteiger partial charge in [0.25, 0.3) is 5.91 Å². The summed E-state index contributed by atoms with van der Waals surface area (Å²) in [6.45, 7) is 1.85. The molecular weight excluding hydrogens is 555 g/mol. The maximum Gasteiger partial charge on any atom is 0.341 e. The smallest absolute Gasteiger partial charge is 0.341 e. The first-order chi connectivity index (χ1) is 17.8. The van der Waals surface area contributed by atoms with E-state index < -0.39 is 11.9 Å². The van der Waals surface area contributed by atoms with Gasteiger partial charge in [-0.3, -0.25) is 4.79 Å². The first kappa shape index (κ1) is 26.5. The zero-order chi connectivity index (χ0) is 26.5. The number of thiophene rings is 1. The number of anilines is 1. The Bertz CT molecular complexity index is 1550. The number of nitrogens with one attached hydrogen (secondary N) is 1. The SMILES string of the molecule is CCOC(=O)c1c(-c2ccc(Cl)cc2)csc1NC(=O)C(C#N)=Cc1ccc(-c2ccc(Cl)cc2Cl)o1. The molecule has 0 saturated heterocycles. The Hall–Kier alpha value is -3.54. The average Bonchev–Trinajstić information content (AvgIpc) is 3.50. The molecule has 0 aliphatic carbocycles. The highest BCUT2D eigenvalue weighted by molar-refractivity contribution is 7.15. The predicted molar refractivity (Wildman–Crippen MR) is 147 cm³/mol. The van der Waals surface area contributed by atoms with E-state index in [4.69, 9.17) is 44.0 Å². The van der Waals surface area contributed by atoms with Crippen LogP contribution in [0.2, 0.25) is 15.1 Å². The van der Waals surface area contributed by atoms with E-state index in [0.29, 0.717) is 32.0 Å². The molecule has 2 aromatic carbocycles. The van der Waals surface area contributed by atoms with Crippen molar-refractivity contribution in [1.82, 2.24) is 0 Å². The summed E-state index contributed by atoms with van der Waals surface area (Å²) in [5, 5.41) is 15.7. The lowest BCUT2D eigenvalue weighted by molar-refractivity contribution is -0.112. The molecule has 2 aromatic heterocycles. The minimum Gasteiger partial charge on any atom is -0.462 e. The molecule has 4 aromatic rings. The molecule has 0 bridgehead atoms. The van der Waals surface area contributed by atoms with E-state index in [0.717, 1.165) is 16.9 Å². The molecule has 1 amide bonds. The molecule has 2 heterocycles. The third-order valence-corrected chi connectivity index (χ3v) is 6.82. The van der Waals surface area contributed by atoms with Crippen LogP contribution in [0.25, 0.3) is 28.5 Å². The molecule has 1 N–H and O–H groups in total. The molecule has 0 atom stereocenters. The van der Waals surface area contributed by atoms with Crippen LogP contribution in [-0.2, 0) is 9.53 Å². The highest BCUT2D eigenvalue weighted by Gasteiger charge is 2.24. The number of nitriles is 1. The van der Waals surface area contributed by atoms with Crippen molar-refractivity contribution in [2.24, 2.45) is 0 Å². The number of benzene rings is 2. The van der Waals surface area contributed by atoms with E-state index in [-0.39, 0.29) is 28.5 Å². The Morgan fingerprint density at radius 1 is 1.05 bits per heavy atom. The number of hydrogen-bond acceptors (Lipinski definition) is 6. The Balaban J connectivity index is 1.62. The van der Waals surface area contributed by atoms with E-state index in [9.17, 15) is 14.9 Å². The third kappa shape index (κ3) is 6.07. The van der Waals surface area contributed by atoms with Gasteiger partial charge in [-0.25, -0.2) is 4.79 Å². The molecule has 0 radical (unpaired) electrons. The number of hydrogen-bond donors (Lipinski definition) is 1. The quantitative estimate of drug-likeness (QED) is 0.137. The van der Waals surface area contributed by atoms with Crippen molar-refractivity contribution in [2.45, 2.75) is 6.92 Å². The topological polar surface area (TPSA) is 92.3 Å². The van der Waals surface area contributed by atoms with Crippen LogP contribution < -0.4 is 5.32 Å². The van der Waals surface area contributed by atoms with Gasteiger partial charge in [0.05, 0.1) is 11.6 Å². The second-order valence-electron chi connectivity index (χ2n) is 7.53. The van der Waals surface area contributed by atoms with Gasteiger partial charge in [-0.15, -0.1) is 11.3 Å². The fraction of sp³-hybridized carbons (Fsp3) is 0.0741. The summed E-state index contributed by atoms with van der Waals surface area (Å²) in [7, 11) is 0. The number of halogens is 3. The zero-order valence-corrected chi connectivity index (χ0v) is 22.3. The maximum absolute atomic E-state index is 13.0. The van der Waals surface area contributed by atoms with E-state index in [1.807, 2.05) is 6.07 Å². The summed E-state index contributed by atoms with van der Waals surface area (Å²) in [6, 6.07) is 17.1. The Morgan fingerprint density at radius 2 is 1.78 bits per heavy atom. The Labute approximate surface area is 231 Å². The molecular formula is C27H17Cl3N2O4S. The number of rotatable bonds is 7. The summed E-state index contributed by atoms with van der Waals surface area (Å²) in [5.41, 5.74) is 1.88. The Kier molecular flexibility index (Phi) is 8.37. The fourth-order valence-corrected chi connectivity index (χ4v) is 5.00. The third-order valence-electron chi connectivity index (χ3n) is 5.13. The lowest BCUT2D eigenvalue weighted by atomic mass is 10.0. The van der Waals surface area contributed by atoms with Crippen LogP contribution in [0.1, 0.15) is 23.0 Å². The van der Waals surface area contributed by atoms with Gasteiger partial charge in [-0.05, 0) is 55.0 Å². The predicted octanol–water partition coefficient (Wildman–Crippen LogP) is 8.36. The molecule has 37 heavy (non-hydrogen) atoms. The lowest BCUT2D eigenvalue weighted by Gasteiger charge is -2.08. The second kappa shape index (κ2) is 11.7. The highest BCUT2D eigenvalue weighted by atomic mass is 35.5. The van der Waals surface area contributed by atoms with E-state index in [1.54, 1.807) is 66.9 Å². The molecule has 0 saturated carbocycles. The molecule has 0 aliphatic rings. The average molecular weight is 572 g/mol. The molecule has 0 unspecified atom stereocenters. The van der Waals surface area contributed by atoms with Crippen molar-refractivity contribution in [1.29, 1.82) is 5.26 Å². The first-order valence-electron chi connectivity index (χ1n) is 10.8. The molecule has 10 heteroatoms. The van der Waals surface area contributed by atoms with Crippen molar-refractivity contribution in [2.75, 3.05) is 11.9 Å². The van der Waals surface area contributed by atoms with Crippen molar-refractivity contribution in [3.05, 3.63) is 91.9 Å². The molecule has 0 spiro atoms. The fourth-order valence-electron chi connectivity index (χ4n) is 3.42. The monoisotopic (exact) mass is 570 g/mol. The van der Waals surface area contributed by atoms with Crippen molar-refractivity contribution in [3.8, 4) is 28.5 Å². The Morgan fingerprint density at radius 3 is 2.46 bits per heavy atom. The number of carbonyl (C=O) groups is 2. The van der Waals surface area contributed by atoms with Gasteiger partial charge in [0.15, 0.2) is 0 Å². The normalized spacial score (nSPS) is 11.2. The lowest BCUT2D eigenvalue weighted by Crippen LogP contribution is -2.16. The number of furan rings is 1. The number of nitrogens with zero attached hydrogens (tertiary/aromatic N) is 1. The maximum atomic E-state index is 13.0. The van der Waals surface area contributed by atoms with Gasteiger partial charge in [0.2, 0.25) is 0 Å². The molecule has 186 valence electrons. The number of esters is 1. The minimum atomic E-state index is -0.708. The van der Waals surface area contributed by atoms with E-state index >= 15 is 0 Å². The van der Waals surface area contributed by atoms with Crippen LogP contribution >= 0.6 is 46.1 Å². The van der Waals surface area contributed by atoms with E-state index in [1.165, 1.54) is 6.08 Å². The van der Waals surface area contributed by atoms with Gasteiger partial charge in [-0.1, -0.05) is 46.9 Å². The van der Waals surface area contributed by atoms with Crippen LogP contribution in [0.5, 0.6) is 0 Å². The number of ether oxygens (including phenoxy) is 1. The van der Waals surface area contributed by atoms with E-state index in [2.05, 4.69) is 5.32 Å². The van der Waals surface area contributed by atoms with Crippen LogP contribution in [0.15, 0.2) is 70.0 Å².